The number of aromatic nitrogens is 2. The van der Waals surface area contributed by atoms with Crippen molar-refractivity contribution in [3.8, 4) is 0 Å². The molecule has 7 nitrogen and oxygen atoms in total. The lowest BCUT2D eigenvalue weighted by atomic mass is 10.1. The Morgan fingerprint density at radius 2 is 1.86 bits per heavy atom. The van der Waals surface area contributed by atoms with Gasteiger partial charge in [0.05, 0.1) is 4.92 Å². The van der Waals surface area contributed by atoms with E-state index in [4.69, 9.17) is 0 Å². The van der Waals surface area contributed by atoms with Crippen molar-refractivity contribution in [2.45, 2.75) is 20.4 Å². The number of rotatable bonds is 6. The van der Waals surface area contributed by atoms with Crippen LogP contribution in [-0.2, 0) is 6.54 Å². The van der Waals surface area contributed by atoms with Gasteiger partial charge >= 0.3 is 5.69 Å². The molecule has 21 heavy (non-hydrogen) atoms. The molecule has 1 aromatic carbocycles. The molecule has 2 aromatic rings. The van der Waals surface area contributed by atoms with Gasteiger partial charge in [-0.3, -0.25) is 10.1 Å². The van der Waals surface area contributed by atoms with Crippen LogP contribution in [-0.4, -0.2) is 21.4 Å². The van der Waals surface area contributed by atoms with Crippen molar-refractivity contribution in [1.82, 2.24) is 9.97 Å². The fraction of sp³-hybridized carbons (Fsp3) is 0.286. The average Bonchev–Trinajstić information content (AvgIpc) is 2.46. The lowest BCUT2D eigenvalue weighted by molar-refractivity contribution is -0.383. The van der Waals surface area contributed by atoms with E-state index in [9.17, 15) is 10.1 Å². The van der Waals surface area contributed by atoms with Crippen LogP contribution in [0.15, 0.2) is 30.6 Å². The zero-order valence-corrected chi connectivity index (χ0v) is 12.0. The largest absolute Gasteiger partial charge is 0.364 e. The van der Waals surface area contributed by atoms with Crippen molar-refractivity contribution in [1.29, 1.82) is 0 Å². The number of hydrogen-bond donors (Lipinski definition) is 2. The lowest BCUT2D eigenvalue weighted by Crippen LogP contribution is -2.10. The van der Waals surface area contributed by atoms with Crippen LogP contribution in [0.4, 0.5) is 17.3 Å². The highest BCUT2D eigenvalue weighted by Crippen LogP contribution is 2.29. The van der Waals surface area contributed by atoms with E-state index in [1.165, 1.54) is 6.33 Å². The van der Waals surface area contributed by atoms with Crippen LogP contribution in [0.1, 0.15) is 18.1 Å². The summed E-state index contributed by atoms with van der Waals surface area (Å²) < 4.78 is 0. The molecule has 0 bridgehead atoms. The smallest absolute Gasteiger partial charge is 0.353 e. The number of nitrogens with one attached hydrogen (secondary N) is 2. The Morgan fingerprint density at radius 1 is 1.19 bits per heavy atom. The number of anilines is 2. The molecule has 0 aliphatic heterocycles. The molecule has 0 radical (unpaired) electrons. The van der Waals surface area contributed by atoms with Crippen molar-refractivity contribution in [3.05, 3.63) is 51.8 Å². The van der Waals surface area contributed by atoms with Gasteiger partial charge in [-0.25, -0.2) is 9.97 Å². The summed E-state index contributed by atoms with van der Waals surface area (Å²) in [5.74, 6) is 0.444. The monoisotopic (exact) mass is 287 g/mol. The third-order valence-electron chi connectivity index (χ3n) is 3.06. The van der Waals surface area contributed by atoms with Crippen molar-refractivity contribution in [2.75, 3.05) is 17.2 Å². The highest BCUT2D eigenvalue weighted by atomic mass is 16.6. The van der Waals surface area contributed by atoms with E-state index in [0.29, 0.717) is 13.1 Å². The molecule has 0 saturated heterocycles. The van der Waals surface area contributed by atoms with Gasteiger partial charge in [-0.2, -0.15) is 0 Å². The first-order chi connectivity index (χ1) is 10.1. The predicted octanol–water partition coefficient (Wildman–Crippen LogP) is 2.74. The molecule has 0 fully saturated rings. The molecule has 0 spiro atoms. The van der Waals surface area contributed by atoms with E-state index in [1.54, 1.807) is 0 Å². The first-order valence-corrected chi connectivity index (χ1v) is 6.65. The number of hydrogen-bond acceptors (Lipinski definition) is 6. The Hall–Kier alpha value is -2.70. The minimum absolute atomic E-state index is 0.132. The zero-order valence-electron chi connectivity index (χ0n) is 12.0. The van der Waals surface area contributed by atoms with Crippen LogP contribution in [0, 0.1) is 17.0 Å². The van der Waals surface area contributed by atoms with Crippen LogP contribution >= 0.6 is 0 Å². The van der Waals surface area contributed by atoms with E-state index in [1.807, 2.05) is 38.1 Å². The Labute approximate surface area is 122 Å². The van der Waals surface area contributed by atoms with Gasteiger partial charge in [-0.05, 0) is 25.0 Å². The standard InChI is InChI=1S/C14H17N5O2/c1-3-15-13-12(19(20)21)14(18-9-17-13)16-8-11-7-5-4-6-10(11)2/h4-7,9H,3,8H2,1-2H3,(H2,15,16,17,18). The summed E-state index contributed by atoms with van der Waals surface area (Å²) in [6, 6.07) is 7.85. The first-order valence-electron chi connectivity index (χ1n) is 6.65. The molecule has 0 aliphatic carbocycles. The quantitative estimate of drug-likeness (QED) is 0.627. The maximum atomic E-state index is 11.2. The second-order valence-electron chi connectivity index (χ2n) is 4.49. The molecular formula is C14H17N5O2. The first kappa shape index (κ1) is 14.7. The Morgan fingerprint density at radius 3 is 2.48 bits per heavy atom. The summed E-state index contributed by atoms with van der Waals surface area (Å²) in [4.78, 5) is 18.7. The second-order valence-corrected chi connectivity index (χ2v) is 4.49. The number of nitro groups is 1. The third kappa shape index (κ3) is 3.44. The molecule has 2 rings (SSSR count). The molecule has 110 valence electrons. The predicted molar refractivity (Wildman–Crippen MR) is 81.4 cm³/mol. The SMILES string of the molecule is CCNc1ncnc(NCc2ccccc2C)c1[N+](=O)[O-]. The molecule has 0 amide bonds. The summed E-state index contributed by atoms with van der Waals surface area (Å²) in [6.07, 6.45) is 1.31. The summed E-state index contributed by atoms with van der Waals surface area (Å²) in [7, 11) is 0. The average molecular weight is 287 g/mol. The van der Waals surface area contributed by atoms with Crippen LogP contribution < -0.4 is 10.6 Å². The van der Waals surface area contributed by atoms with Gasteiger partial charge in [-0.1, -0.05) is 24.3 Å². The maximum absolute atomic E-state index is 11.2. The molecule has 7 heteroatoms. The van der Waals surface area contributed by atoms with Crippen molar-refractivity contribution < 1.29 is 4.92 Å². The minimum Gasteiger partial charge on any atom is -0.364 e. The fourth-order valence-corrected chi connectivity index (χ4v) is 1.97. The van der Waals surface area contributed by atoms with Crippen LogP contribution in [0.5, 0.6) is 0 Å². The molecule has 1 aromatic heterocycles. The van der Waals surface area contributed by atoms with Gasteiger partial charge < -0.3 is 10.6 Å². The van der Waals surface area contributed by atoms with Crippen LogP contribution in [0.3, 0.4) is 0 Å². The fourth-order valence-electron chi connectivity index (χ4n) is 1.97. The van der Waals surface area contributed by atoms with Gasteiger partial charge in [0.25, 0.3) is 0 Å². The van der Waals surface area contributed by atoms with Crippen molar-refractivity contribution in [2.24, 2.45) is 0 Å². The van der Waals surface area contributed by atoms with Gasteiger partial charge in [-0.15, -0.1) is 0 Å². The van der Waals surface area contributed by atoms with E-state index >= 15 is 0 Å². The molecule has 0 aliphatic rings. The minimum atomic E-state index is -0.474. The van der Waals surface area contributed by atoms with Crippen LogP contribution in [0.25, 0.3) is 0 Å². The Kier molecular flexibility index (Phi) is 4.65. The van der Waals surface area contributed by atoms with Gasteiger partial charge in [0.1, 0.15) is 6.33 Å². The molecule has 1 heterocycles. The van der Waals surface area contributed by atoms with Crippen molar-refractivity contribution >= 4 is 17.3 Å². The van der Waals surface area contributed by atoms with Crippen LogP contribution in [0.2, 0.25) is 0 Å². The molecule has 2 N–H and O–H groups in total. The second kappa shape index (κ2) is 6.65. The Bertz CT molecular complexity index is 645. The highest BCUT2D eigenvalue weighted by molar-refractivity contribution is 5.69. The summed E-state index contributed by atoms with van der Waals surface area (Å²) in [5.41, 5.74) is 2.05. The van der Waals surface area contributed by atoms with E-state index in [2.05, 4.69) is 20.6 Å². The van der Waals surface area contributed by atoms with E-state index in [-0.39, 0.29) is 17.3 Å². The molecule has 0 atom stereocenters. The summed E-state index contributed by atoms with van der Waals surface area (Å²) in [5, 5.41) is 17.1. The summed E-state index contributed by atoms with van der Waals surface area (Å²) >= 11 is 0. The summed E-state index contributed by atoms with van der Waals surface area (Å²) in [6.45, 7) is 4.87. The molecule has 0 unspecified atom stereocenters. The van der Waals surface area contributed by atoms with Gasteiger partial charge in [0, 0.05) is 13.1 Å². The lowest BCUT2D eigenvalue weighted by Gasteiger charge is -2.10. The molecule has 0 saturated carbocycles. The van der Waals surface area contributed by atoms with Crippen molar-refractivity contribution in [3.63, 3.8) is 0 Å². The van der Waals surface area contributed by atoms with E-state index < -0.39 is 4.92 Å². The molecular weight excluding hydrogens is 270 g/mol. The number of nitrogens with zero attached hydrogens (tertiary/aromatic N) is 3. The Balaban J connectivity index is 2.25. The third-order valence-corrected chi connectivity index (χ3v) is 3.06. The van der Waals surface area contributed by atoms with Gasteiger partial charge in [0.2, 0.25) is 11.6 Å². The highest BCUT2D eigenvalue weighted by Gasteiger charge is 2.22. The van der Waals surface area contributed by atoms with E-state index in [0.717, 1.165) is 11.1 Å². The topological polar surface area (TPSA) is 93.0 Å². The normalized spacial score (nSPS) is 10.2. The number of aryl methyl sites for hydroxylation is 1. The van der Waals surface area contributed by atoms with Gasteiger partial charge in [0.15, 0.2) is 0 Å². The zero-order chi connectivity index (χ0) is 15.2. The maximum Gasteiger partial charge on any atom is 0.353 e. The number of benzene rings is 1.